The molecule has 0 aromatic carbocycles. The standard InChI is InChI=1S/C10H13BrN2O/c1-7-9(2-3-10(11)12-7)13-8-4-5-14-6-8/h2-3,8,13H,4-6H2,1H3. The summed E-state index contributed by atoms with van der Waals surface area (Å²) in [6, 6.07) is 4.44. The molecule has 1 aromatic rings. The maximum absolute atomic E-state index is 5.30. The Morgan fingerprint density at radius 2 is 2.43 bits per heavy atom. The van der Waals surface area contributed by atoms with Crippen molar-refractivity contribution < 1.29 is 4.74 Å². The molecule has 1 aliphatic rings. The lowest BCUT2D eigenvalue weighted by Crippen LogP contribution is -2.19. The molecular weight excluding hydrogens is 244 g/mol. The van der Waals surface area contributed by atoms with Crippen molar-refractivity contribution in [1.29, 1.82) is 0 Å². The number of hydrogen-bond donors (Lipinski definition) is 1. The van der Waals surface area contributed by atoms with E-state index in [9.17, 15) is 0 Å². The summed E-state index contributed by atoms with van der Waals surface area (Å²) >= 11 is 3.35. The summed E-state index contributed by atoms with van der Waals surface area (Å²) < 4.78 is 6.18. The molecule has 0 radical (unpaired) electrons. The Morgan fingerprint density at radius 3 is 3.07 bits per heavy atom. The topological polar surface area (TPSA) is 34.2 Å². The van der Waals surface area contributed by atoms with Crippen molar-refractivity contribution in [3.63, 3.8) is 0 Å². The van der Waals surface area contributed by atoms with E-state index in [0.717, 1.165) is 35.6 Å². The van der Waals surface area contributed by atoms with Crippen molar-refractivity contribution in [3.8, 4) is 0 Å². The van der Waals surface area contributed by atoms with E-state index in [-0.39, 0.29) is 0 Å². The van der Waals surface area contributed by atoms with E-state index in [1.165, 1.54) is 0 Å². The number of pyridine rings is 1. The molecule has 0 aliphatic carbocycles. The molecule has 2 rings (SSSR count). The van der Waals surface area contributed by atoms with Crippen LogP contribution < -0.4 is 5.32 Å². The van der Waals surface area contributed by atoms with Gasteiger partial charge in [-0.25, -0.2) is 4.98 Å². The van der Waals surface area contributed by atoms with Crippen molar-refractivity contribution in [1.82, 2.24) is 4.98 Å². The fourth-order valence-electron chi connectivity index (χ4n) is 1.55. The Kier molecular flexibility index (Phi) is 3.03. The summed E-state index contributed by atoms with van der Waals surface area (Å²) in [6.07, 6.45) is 1.08. The third-order valence-electron chi connectivity index (χ3n) is 2.34. The number of aryl methyl sites for hydroxylation is 1. The van der Waals surface area contributed by atoms with Gasteiger partial charge in [-0.1, -0.05) is 0 Å². The lowest BCUT2D eigenvalue weighted by molar-refractivity contribution is 0.195. The zero-order valence-electron chi connectivity index (χ0n) is 8.09. The molecule has 1 fully saturated rings. The lowest BCUT2D eigenvalue weighted by Gasteiger charge is -2.13. The monoisotopic (exact) mass is 256 g/mol. The maximum Gasteiger partial charge on any atom is 0.106 e. The molecule has 1 atom stereocenters. The number of rotatable bonds is 2. The second-order valence-corrected chi connectivity index (χ2v) is 4.28. The van der Waals surface area contributed by atoms with E-state index in [1.54, 1.807) is 0 Å². The molecule has 0 amide bonds. The average molecular weight is 257 g/mol. The highest BCUT2D eigenvalue weighted by molar-refractivity contribution is 9.10. The first kappa shape index (κ1) is 9.93. The van der Waals surface area contributed by atoms with Gasteiger partial charge in [0.2, 0.25) is 0 Å². The van der Waals surface area contributed by atoms with E-state index >= 15 is 0 Å². The van der Waals surface area contributed by atoms with Gasteiger partial charge in [-0.05, 0) is 41.4 Å². The van der Waals surface area contributed by atoms with E-state index in [1.807, 2.05) is 19.1 Å². The van der Waals surface area contributed by atoms with Crippen LogP contribution in [0.25, 0.3) is 0 Å². The number of nitrogens with one attached hydrogen (secondary N) is 1. The van der Waals surface area contributed by atoms with Crippen molar-refractivity contribution in [2.24, 2.45) is 0 Å². The van der Waals surface area contributed by atoms with Gasteiger partial charge in [0.15, 0.2) is 0 Å². The van der Waals surface area contributed by atoms with Crippen LogP contribution in [0.5, 0.6) is 0 Å². The molecule has 0 bridgehead atoms. The fraction of sp³-hybridized carbons (Fsp3) is 0.500. The molecule has 1 unspecified atom stereocenters. The molecule has 76 valence electrons. The third kappa shape index (κ3) is 2.25. The van der Waals surface area contributed by atoms with Crippen LogP contribution in [0.15, 0.2) is 16.7 Å². The number of anilines is 1. The van der Waals surface area contributed by atoms with Crippen LogP contribution in [-0.2, 0) is 4.74 Å². The summed E-state index contributed by atoms with van der Waals surface area (Å²) in [5.74, 6) is 0. The van der Waals surface area contributed by atoms with Gasteiger partial charge in [-0.15, -0.1) is 0 Å². The van der Waals surface area contributed by atoms with Crippen molar-refractivity contribution in [3.05, 3.63) is 22.4 Å². The highest BCUT2D eigenvalue weighted by Gasteiger charge is 2.15. The van der Waals surface area contributed by atoms with E-state index in [2.05, 4.69) is 26.2 Å². The van der Waals surface area contributed by atoms with Gasteiger partial charge in [-0.3, -0.25) is 0 Å². The lowest BCUT2D eigenvalue weighted by atomic mass is 10.2. The van der Waals surface area contributed by atoms with Gasteiger partial charge in [-0.2, -0.15) is 0 Å². The largest absolute Gasteiger partial charge is 0.379 e. The normalized spacial score (nSPS) is 21.1. The van der Waals surface area contributed by atoms with Gasteiger partial charge in [0.05, 0.1) is 24.0 Å². The second-order valence-electron chi connectivity index (χ2n) is 3.47. The second kappa shape index (κ2) is 4.28. The van der Waals surface area contributed by atoms with Crippen LogP contribution in [-0.4, -0.2) is 24.2 Å². The highest BCUT2D eigenvalue weighted by Crippen LogP contribution is 2.19. The predicted octanol–water partition coefficient (Wildman–Crippen LogP) is 2.35. The van der Waals surface area contributed by atoms with Crippen LogP contribution >= 0.6 is 15.9 Å². The van der Waals surface area contributed by atoms with Gasteiger partial charge >= 0.3 is 0 Å². The SMILES string of the molecule is Cc1nc(Br)ccc1NC1CCOC1. The Hall–Kier alpha value is -0.610. The number of halogens is 1. The van der Waals surface area contributed by atoms with Crippen LogP contribution in [0, 0.1) is 6.92 Å². The summed E-state index contributed by atoms with van der Waals surface area (Å²) in [7, 11) is 0. The van der Waals surface area contributed by atoms with Crippen LogP contribution in [0.2, 0.25) is 0 Å². The van der Waals surface area contributed by atoms with Crippen LogP contribution in [0.4, 0.5) is 5.69 Å². The molecule has 1 N–H and O–H groups in total. The van der Waals surface area contributed by atoms with Crippen molar-refractivity contribution in [2.75, 3.05) is 18.5 Å². The number of ether oxygens (including phenoxy) is 1. The molecule has 1 aliphatic heterocycles. The quantitative estimate of drug-likeness (QED) is 0.826. The Labute approximate surface area is 92.0 Å². The first-order valence-electron chi connectivity index (χ1n) is 4.73. The molecular formula is C10H13BrN2O. The maximum atomic E-state index is 5.30. The van der Waals surface area contributed by atoms with E-state index in [0.29, 0.717) is 6.04 Å². The van der Waals surface area contributed by atoms with Crippen LogP contribution in [0.1, 0.15) is 12.1 Å². The third-order valence-corrected chi connectivity index (χ3v) is 2.78. The van der Waals surface area contributed by atoms with Gasteiger partial charge in [0.25, 0.3) is 0 Å². The van der Waals surface area contributed by atoms with E-state index < -0.39 is 0 Å². The minimum atomic E-state index is 0.441. The number of aromatic nitrogens is 1. The van der Waals surface area contributed by atoms with Gasteiger partial charge in [0.1, 0.15) is 4.60 Å². The Balaban J connectivity index is 2.08. The first-order chi connectivity index (χ1) is 6.75. The molecule has 3 nitrogen and oxygen atoms in total. The Bertz CT molecular complexity index is 324. The highest BCUT2D eigenvalue weighted by atomic mass is 79.9. The zero-order chi connectivity index (χ0) is 9.97. The molecule has 0 spiro atoms. The number of hydrogen-bond acceptors (Lipinski definition) is 3. The molecule has 1 saturated heterocycles. The molecule has 4 heteroatoms. The van der Waals surface area contributed by atoms with E-state index in [4.69, 9.17) is 4.74 Å². The minimum Gasteiger partial charge on any atom is -0.379 e. The smallest absolute Gasteiger partial charge is 0.106 e. The predicted molar refractivity (Wildman–Crippen MR) is 59.5 cm³/mol. The average Bonchev–Trinajstić information content (AvgIpc) is 2.62. The first-order valence-corrected chi connectivity index (χ1v) is 5.52. The number of nitrogens with zero attached hydrogens (tertiary/aromatic N) is 1. The van der Waals surface area contributed by atoms with Gasteiger partial charge in [0, 0.05) is 6.61 Å². The molecule has 1 aromatic heterocycles. The summed E-state index contributed by atoms with van der Waals surface area (Å²) in [4.78, 5) is 4.33. The Morgan fingerprint density at radius 1 is 1.57 bits per heavy atom. The van der Waals surface area contributed by atoms with Crippen molar-refractivity contribution in [2.45, 2.75) is 19.4 Å². The summed E-state index contributed by atoms with van der Waals surface area (Å²) in [5, 5.41) is 3.43. The summed E-state index contributed by atoms with van der Waals surface area (Å²) in [5.41, 5.74) is 2.12. The fourth-order valence-corrected chi connectivity index (χ4v) is 1.95. The van der Waals surface area contributed by atoms with Gasteiger partial charge < -0.3 is 10.1 Å². The molecule has 0 saturated carbocycles. The molecule has 14 heavy (non-hydrogen) atoms. The van der Waals surface area contributed by atoms with Crippen LogP contribution in [0.3, 0.4) is 0 Å². The van der Waals surface area contributed by atoms with Crippen molar-refractivity contribution >= 4 is 21.6 Å². The summed E-state index contributed by atoms with van der Waals surface area (Å²) in [6.45, 7) is 3.67. The minimum absolute atomic E-state index is 0.441. The molecule has 2 heterocycles. The zero-order valence-corrected chi connectivity index (χ0v) is 9.67.